The van der Waals surface area contributed by atoms with E-state index in [4.69, 9.17) is 14.2 Å². The number of rotatable bonds is 2. The largest absolute Gasteiger partial charge is 0.543 e. The van der Waals surface area contributed by atoms with Crippen LogP contribution in [0.4, 0.5) is 11.4 Å². The average molecular weight is 490 g/mol. The van der Waals surface area contributed by atoms with Gasteiger partial charge in [-0.2, -0.15) is 0 Å². The van der Waals surface area contributed by atoms with Crippen LogP contribution in [0, 0.1) is 23.7 Å². The minimum Gasteiger partial charge on any atom is -0.543 e. The Kier molecular flexibility index (Phi) is 4.43. The molecule has 1 unspecified atom stereocenters. The van der Waals surface area contributed by atoms with Gasteiger partial charge in [0.1, 0.15) is 11.4 Å². The SMILES string of the molecule is CN1c2ccccc2C2(OOC23C2CC4CC(C2)CC3C4)c2cc(O[Si](C)(C)C(C)(C)C)ccc21. The molecule has 2 aliphatic heterocycles. The van der Waals surface area contributed by atoms with Crippen LogP contribution in [0.1, 0.15) is 64.0 Å². The molecule has 1 saturated heterocycles. The summed E-state index contributed by atoms with van der Waals surface area (Å²) in [6, 6.07) is 15.6. The highest BCUT2D eigenvalue weighted by atomic mass is 28.4. The molecule has 2 aromatic carbocycles. The fraction of sp³-hybridized carbons (Fsp3) is 0.600. The quantitative estimate of drug-likeness (QED) is 0.322. The molecule has 4 aliphatic carbocycles. The van der Waals surface area contributed by atoms with Gasteiger partial charge in [0, 0.05) is 29.5 Å². The number of fused-ring (bicyclic) bond motifs is 4. The highest BCUT2D eigenvalue weighted by Gasteiger charge is 2.77. The molecule has 4 saturated carbocycles. The predicted molar refractivity (Wildman–Crippen MR) is 141 cm³/mol. The minimum absolute atomic E-state index is 0.142. The summed E-state index contributed by atoms with van der Waals surface area (Å²) in [5, 5.41) is 0.142. The molecule has 0 aromatic heterocycles. The highest BCUT2D eigenvalue weighted by molar-refractivity contribution is 6.74. The van der Waals surface area contributed by atoms with E-state index in [9.17, 15) is 0 Å². The Labute approximate surface area is 211 Å². The highest BCUT2D eigenvalue weighted by Crippen LogP contribution is 2.73. The van der Waals surface area contributed by atoms with Gasteiger partial charge in [0.2, 0.25) is 8.32 Å². The molecule has 186 valence electrons. The van der Waals surface area contributed by atoms with E-state index in [2.05, 4.69) is 88.3 Å². The lowest BCUT2D eigenvalue weighted by molar-refractivity contribution is -0.583. The molecular weight excluding hydrogens is 450 g/mol. The number of hydrogen-bond acceptors (Lipinski definition) is 4. The number of nitrogens with zero attached hydrogens (tertiary/aromatic N) is 1. The van der Waals surface area contributed by atoms with Crippen molar-refractivity contribution in [1.29, 1.82) is 0 Å². The molecule has 0 amide bonds. The van der Waals surface area contributed by atoms with Crippen molar-refractivity contribution >= 4 is 19.7 Å². The summed E-state index contributed by atoms with van der Waals surface area (Å²) in [7, 11) is 0.205. The van der Waals surface area contributed by atoms with Gasteiger partial charge in [-0.1, -0.05) is 39.0 Å². The molecule has 1 atom stereocenters. The molecule has 4 bridgehead atoms. The van der Waals surface area contributed by atoms with Crippen LogP contribution in [0.15, 0.2) is 42.5 Å². The van der Waals surface area contributed by atoms with Crippen LogP contribution in [-0.2, 0) is 15.4 Å². The second-order valence-corrected chi connectivity index (χ2v) is 18.3. The third-order valence-corrected chi connectivity index (χ3v) is 15.1. The van der Waals surface area contributed by atoms with Crippen molar-refractivity contribution in [3.05, 3.63) is 53.6 Å². The smallest absolute Gasteiger partial charge is 0.250 e. The first-order valence-electron chi connectivity index (χ1n) is 13.6. The number of benzene rings is 2. The lowest BCUT2D eigenvalue weighted by Gasteiger charge is -2.70. The van der Waals surface area contributed by atoms with Crippen molar-refractivity contribution in [1.82, 2.24) is 0 Å². The van der Waals surface area contributed by atoms with E-state index in [0.717, 1.165) is 17.6 Å². The van der Waals surface area contributed by atoms with Crippen LogP contribution in [0.5, 0.6) is 5.75 Å². The van der Waals surface area contributed by atoms with Crippen LogP contribution in [0.3, 0.4) is 0 Å². The van der Waals surface area contributed by atoms with Gasteiger partial charge >= 0.3 is 0 Å². The molecule has 35 heavy (non-hydrogen) atoms. The third kappa shape index (κ3) is 2.70. The molecule has 6 aliphatic rings. The molecule has 5 fully saturated rings. The Morgan fingerprint density at radius 2 is 1.49 bits per heavy atom. The van der Waals surface area contributed by atoms with Gasteiger partial charge < -0.3 is 9.33 Å². The van der Waals surface area contributed by atoms with Gasteiger partial charge in [-0.05, 0) is 98.2 Å². The summed E-state index contributed by atoms with van der Waals surface area (Å²) in [4.78, 5) is 15.3. The summed E-state index contributed by atoms with van der Waals surface area (Å²) in [6.07, 6.45) is 6.56. The third-order valence-electron chi connectivity index (χ3n) is 10.7. The molecule has 0 radical (unpaired) electrons. The van der Waals surface area contributed by atoms with E-state index in [1.165, 1.54) is 54.6 Å². The average Bonchev–Trinajstić information content (AvgIpc) is 2.77. The molecule has 5 heteroatoms. The van der Waals surface area contributed by atoms with Gasteiger partial charge in [0.25, 0.3) is 0 Å². The standard InChI is InChI=1S/C30H39NO3Si/c1-28(2,3)35(5,6)32-23-11-12-27-25(18-23)30(24-9-7-8-10-26(24)31(27)4)29(33-34-30)21-14-19-13-20(16-21)17-22(29)15-19/h7-12,18-22H,13-17H2,1-6H3. The first kappa shape index (κ1) is 22.4. The van der Waals surface area contributed by atoms with Crippen molar-refractivity contribution in [2.75, 3.05) is 11.9 Å². The van der Waals surface area contributed by atoms with Crippen LogP contribution in [0.2, 0.25) is 18.1 Å². The van der Waals surface area contributed by atoms with Gasteiger partial charge in [-0.25, -0.2) is 9.78 Å². The Balaban J connectivity index is 1.42. The zero-order chi connectivity index (χ0) is 24.4. The minimum atomic E-state index is -1.98. The summed E-state index contributed by atoms with van der Waals surface area (Å²) in [5.41, 5.74) is 4.09. The van der Waals surface area contributed by atoms with Crippen molar-refractivity contribution in [3.63, 3.8) is 0 Å². The number of hydrogen-bond donors (Lipinski definition) is 0. The van der Waals surface area contributed by atoms with Crippen molar-refractivity contribution < 1.29 is 14.2 Å². The second kappa shape index (κ2) is 6.93. The van der Waals surface area contributed by atoms with E-state index in [1.807, 2.05) is 0 Å². The normalized spacial score (nSPS) is 36.8. The fourth-order valence-corrected chi connectivity index (χ4v) is 9.29. The van der Waals surface area contributed by atoms with Crippen molar-refractivity contribution in [3.8, 4) is 5.75 Å². The summed E-state index contributed by atoms with van der Waals surface area (Å²) < 4.78 is 6.84. The summed E-state index contributed by atoms with van der Waals surface area (Å²) in [6.45, 7) is 11.6. The van der Waals surface area contributed by atoms with Gasteiger partial charge in [-0.15, -0.1) is 0 Å². The molecule has 0 N–H and O–H groups in total. The van der Waals surface area contributed by atoms with Crippen LogP contribution < -0.4 is 9.33 Å². The first-order chi connectivity index (χ1) is 16.6. The van der Waals surface area contributed by atoms with Gasteiger partial charge in [-0.3, -0.25) is 0 Å². The molecule has 4 nitrogen and oxygen atoms in total. The predicted octanol–water partition coefficient (Wildman–Crippen LogP) is 7.55. The maximum atomic E-state index is 6.84. The summed E-state index contributed by atoms with van der Waals surface area (Å²) in [5.74, 6) is 3.83. The Hall–Kier alpha value is -1.82. The molecule has 8 rings (SSSR count). The number of para-hydroxylation sites is 1. The molecule has 2 aromatic rings. The van der Waals surface area contributed by atoms with E-state index < -0.39 is 13.9 Å². The molecule has 2 spiro atoms. The van der Waals surface area contributed by atoms with E-state index in [-0.39, 0.29) is 10.6 Å². The summed E-state index contributed by atoms with van der Waals surface area (Å²) >= 11 is 0. The second-order valence-electron chi connectivity index (χ2n) is 13.6. The van der Waals surface area contributed by atoms with E-state index in [1.54, 1.807) is 0 Å². The van der Waals surface area contributed by atoms with Crippen LogP contribution in [0.25, 0.3) is 0 Å². The van der Waals surface area contributed by atoms with Gasteiger partial charge in [0.15, 0.2) is 5.60 Å². The van der Waals surface area contributed by atoms with Crippen molar-refractivity contribution in [2.24, 2.45) is 23.7 Å². The molecular formula is C30H39NO3Si. The topological polar surface area (TPSA) is 30.9 Å². The maximum Gasteiger partial charge on any atom is 0.250 e. The zero-order valence-electron chi connectivity index (χ0n) is 22.1. The fourth-order valence-electron chi connectivity index (χ4n) is 8.27. The van der Waals surface area contributed by atoms with Crippen molar-refractivity contribution in [2.45, 2.75) is 82.2 Å². The number of anilines is 2. The lowest BCUT2D eigenvalue weighted by atomic mass is 9.44. The lowest BCUT2D eigenvalue weighted by Crippen LogP contribution is -2.76. The van der Waals surface area contributed by atoms with Crippen LogP contribution in [-0.4, -0.2) is 21.0 Å². The monoisotopic (exact) mass is 489 g/mol. The molecule has 2 heterocycles. The zero-order valence-corrected chi connectivity index (χ0v) is 23.1. The maximum absolute atomic E-state index is 6.84. The Bertz CT molecular complexity index is 1170. The Morgan fingerprint density at radius 1 is 0.857 bits per heavy atom. The van der Waals surface area contributed by atoms with Gasteiger partial charge in [0.05, 0.1) is 0 Å². The van der Waals surface area contributed by atoms with E-state index >= 15 is 0 Å². The van der Waals surface area contributed by atoms with Crippen LogP contribution >= 0.6 is 0 Å². The van der Waals surface area contributed by atoms with E-state index in [0.29, 0.717) is 11.8 Å². The first-order valence-corrected chi connectivity index (χ1v) is 16.5. The Morgan fingerprint density at radius 3 is 2.09 bits per heavy atom.